The van der Waals surface area contributed by atoms with Crippen LogP contribution < -0.4 is 4.57 Å². The Balaban J connectivity index is 1.56. The van der Waals surface area contributed by atoms with Crippen molar-refractivity contribution in [3.8, 4) is 17.1 Å². The molecule has 0 fully saturated rings. The lowest BCUT2D eigenvalue weighted by Crippen LogP contribution is -2.29. The van der Waals surface area contributed by atoms with Gasteiger partial charge in [0.05, 0.1) is 12.6 Å². The first kappa shape index (κ1) is 20.0. The highest BCUT2D eigenvalue weighted by Crippen LogP contribution is 2.39. The zero-order valence-electron chi connectivity index (χ0n) is 20.1. The van der Waals surface area contributed by atoms with Crippen LogP contribution in [0.15, 0.2) is 81.9 Å². The number of furan rings is 2. The molecule has 0 spiro atoms. The minimum Gasteiger partial charge on any atom is -0.456 e. The summed E-state index contributed by atoms with van der Waals surface area (Å²) in [5, 5.41) is 9.33. The van der Waals surface area contributed by atoms with Crippen LogP contribution in [0.5, 0.6) is 0 Å². The molecule has 4 aromatic carbocycles. The molecule has 3 heterocycles. The van der Waals surface area contributed by atoms with Gasteiger partial charge in [-0.2, -0.15) is 0 Å². The van der Waals surface area contributed by atoms with Crippen LogP contribution in [0.1, 0.15) is 16.7 Å². The van der Waals surface area contributed by atoms with E-state index >= 15 is 0 Å². The molecule has 0 N–H and O–H groups in total. The highest BCUT2D eigenvalue weighted by molar-refractivity contribution is 6.10. The van der Waals surface area contributed by atoms with Gasteiger partial charge in [-0.15, -0.1) is 0 Å². The van der Waals surface area contributed by atoms with E-state index in [1.165, 1.54) is 0 Å². The molecule has 7 rings (SSSR count). The fraction of sp³-hybridized carbons (Fsp3) is 0.133. The molecular formula is C30H24N3O2+. The zero-order chi connectivity index (χ0) is 23.8. The maximum atomic E-state index is 6.43. The van der Waals surface area contributed by atoms with Crippen LogP contribution in [0.3, 0.4) is 0 Å². The summed E-state index contributed by atoms with van der Waals surface area (Å²) in [7, 11) is 2.03. The van der Waals surface area contributed by atoms with Crippen LogP contribution in [0.2, 0.25) is 0 Å². The van der Waals surface area contributed by atoms with Crippen molar-refractivity contribution in [2.24, 2.45) is 7.05 Å². The van der Waals surface area contributed by atoms with E-state index in [1.54, 1.807) is 0 Å². The summed E-state index contributed by atoms with van der Waals surface area (Å²) < 4.78 is 16.9. The summed E-state index contributed by atoms with van der Waals surface area (Å²) in [6, 6.07) is 22.9. The molecule has 0 amide bonds. The Morgan fingerprint density at radius 3 is 2.11 bits per heavy atom. The van der Waals surface area contributed by atoms with Crippen molar-refractivity contribution in [3.63, 3.8) is 0 Å². The van der Waals surface area contributed by atoms with Crippen LogP contribution in [-0.2, 0) is 7.05 Å². The number of aromatic nitrogens is 3. The minimum absolute atomic E-state index is 0.878. The van der Waals surface area contributed by atoms with E-state index in [4.69, 9.17) is 13.9 Å². The molecular weight excluding hydrogens is 434 g/mol. The van der Waals surface area contributed by atoms with E-state index in [0.717, 1.165) is 77.6 Å². The maximum Gasteiger partial charge on any atom is 0.277 e. The number of rotatable bonds is 2. The molecule has 0 saturated carbocycles. The van der Waals surface area contributed by atoms with Crippen LogP contribution >= 0.6 is 0 Å². The second-order valence-electron chi connectivity index (χ2n) is 9.35. The molecule has 5 heteroatoms. The van der Waals surface area contributed by atoms with E-state index in [9.17, 15) is 0 Å². The Morgan fingerprint density at radius 1 is 0.714 bits per heavy atom. The standard InChI is InChI=1S/C30H24N3O2/c1-17-13-14-22-20-9-5-7-11-24(20)35-29(22)26(17)30-32(4)16-31-33(30)27-18(2)15-23-21-10-6-8-12-25(21)34-28(23)19(27)3/h5-16H,1-4H3/q+1. The van der Waals surface area contributed by atoms with Crippen molar-refractivity contribution in [3.05, 3.63) is 89.7 Å². The molecule has 0 aliphatic rings. The Labute approximate surface area is 201 Å². The van der Waals surface area contributed by atoms with Crippen molar-refractivity contribution >= 4 is 43.9 Å². The smallest absolute Gasteiger partial charge is 0.277 e. The van der Waals surface area contributed by atoms with Gasteiger partial charge in [-0.1, -0.05) is 53.2 Å². The molecule has 0 atom stereocenters. The number of para-hydroxylation sites is 2. The summed E-state index contributed by atoms with van der Waals surface area (Å²) in [5.41, 5.74) is 8.97. The number of aryl methyl sites for hydroxylation is 4. The van der Waals surface area contributed by atoms with Crippen molar-refractivity contribution in [2.75, 3.05) is 0 Å². The third kappa shape index (κ3) is 2.69. The average molecular weight is 459 g/mol. The summed E-state index contributed by atoms with van der Waals surface area (Å²) >= 11 is 0. The molecule has 3 aromatic heterocycles. The van der Waals surface area contributed by atoms with Gasteiger partial charge in [-0.3, -0.25) is 0 Å². The fourth-order valence-corrected chi connectivity index (χ4v) is 5.50. The maximum absolute atomic E-state index is 6.43. The number of benzene rings is 4. The van der Waals surface area contributed by atoms with Crippen molar-refractivity contribution in [1.29, 1.82) is 0 Å². The van der Waals surface area contributed by atoms with E-state index in [1.807, 2.05) is 42.3 Å². The average Bonchev–Trinajstić information content (AvgIpc) is 3.53. The van der Waals surface area contributed by atoms with Gasteiger partial charge in [0.15, 0.2) is 5.69 Å². The number of nitrogens with zero attached hydrogens (tertiary/aromatic N) is 3. The summed E-state index contributed by atoms with van der Waals surface area (Å²) in [5.74, 6) is 0.966. The van der Waals surface area contributed by atoms with Gasteiger partial charge in [-0.05, 0) is 50.1 Å². The summed E-state index contributed by atoms with van der Waals surface area (Å²) in [4.78, 5) is 0. The molecule has 35 heavy (non-hydrogen) atoms. The minimum atomic E-state index is 0.878. The highest BCUT2D eigenvalue weighted by Gasteiger charge is 2.29. The quantitative estimate of drug-likeness (QED) is 0.260. The normalized spacial score (nSPS) is 12.0. The van der Waals surface area contributed by atoms with E-state index in [-0.39, 0.29) is 0 Å². The van der Waals surface area contributed by atoms with Gasteiger partial charge in [0.25, 0.3) is 12.2 Å². The first-order valence-electron chi connectivity index (χ1n) is 11.8. The SMILES string of the molecule is Cc1cc2c(oc3ccccc32)c(C)c1-n1nc[n+](C)c1-c1c(C)ccc2c1oc1ccccc12. The predicted molar refractivity (Wildman–Crippen MR) is 139 cm³/mol. The van der Waals surface area contributed by atoms with Crippen molar-refractivity contribution < 1.29 is 13.4 Å². The van der Waals surface area contributed by atoms with Crippen LogP contribution in [0.25, 0.3) is 61.0 Å². The Bertz CT molecular complexity index is 1950. The molecule has 0 saturated heterocycles. The lowest BCUT2D eigenvalue weighted by Gasteiger charge is -2.10. The van der Waals surface area contributed by atoms with Gasteiger partial charge in [-0.25, -0.2) is 4.57 Å². The van der Waals surface area contributed by atoms with E-state index in [2.05, 4.69) is 67.8 Å². The van der Waals surface area contributed by atoms with Gasteiger partial charge in [0, 0.05) is 32.2 Å². The lowest BCUT2D eigenvalue weighted by molar-refractivity contribution is -0.660. The molecule has 0 radical (unpaired) electrons. The largest absolute Gasteiger partial charge is 0.456 e. The number of hydrogen-bond donors (Lipinski definition) is 0. The van der Waals surface area contributed by atoms with Crippen LogP contribution in [0, 0.1) is 20.8 Å². The highest BCUT2D eigenvalue weighted by atomic mass is 16.3. The van der Waals surface area contributed by atoms with E-state index in [0.29, 0.717) is 0 Å². The van der Waals surface area contributed by atoms with Gasteiger partial charge >= 0.3 is 0 Å². The molecule has 0 bridgehead atoms. The van der Waals surface area contributed by atoms with Crippen LogP contribution in [0.4, 0.5) is 0 Å². The van der Waals surface area contributed by atoms with Gasteiger partial charge in [0.2, 0.25) is 0 Å². The third-order valence-electron chi connectivity index (χ3n) is 7.13. The first-order valence-corrected chi connectivity index (χ1v) is 11.8. The molecule has 170 valence electrons. The second-order valence-corrected chi connectivity index (χ2v) is 9.35. The number of hydrogen-bond acceptors (Lipinski definition) is 3. The molecule has 7 aromatic rings. The Kier molecular flexibility index (Phi) is 4.04. The Hall–Kier alpha value is -4.38. The van der Waals surface area contributed by atoms with Crippen molar-refractivity contribution in [2.45, 2.75) is 20.8 Å². The monoisotopic (exact) mass is 458 g/mol. The molecule has 0 aliphatic carbocycles. The van der Waals surface area contributed by atoms with Crippen molar-refractivity contribution in [1.82, 2.24) is 9.78 Å². The second kappa shape index (κ2) is 7.06. The topological polar surface area (TPSA) is 48.0 Å². The predicted octanol–water partition coefficient (Wildman–Crippen LogP) is 7.09. The molecule has 5 nitrogen and oxygen atoms in total. The number of fused-ring (bicyclic) bond motifs is 6. The van der Waals surface area contributed by atoms with Gasteiger partial charge in [0.1, 0.15) is 22.3 Å². The summed E-state index contributed by atoms with van der Waals surface area (Å²) in [6.07, 6.45) is 1.86. The summed E-state index contributed by atoms with van der Waals surface area (Å²) in [6.45, 7) is 6.39. The lowest BCUT2D eigenvalue weighted by atomic mass is 10.0. The Morgan fingerprint density at radius 2 is 1.37 bits per heavy atom. The van der Waals surface area contributed by atoms with Gasteiger partial charge < -0.3 is 8.83 Å². The van der Waals surface area contributed by atoms with E-state index < -0.39 is 0 Å². The molecule has 0 aliphatic heterocycles. The molecule has 0 unspecified atom stereocenters. The fourth-order valence-electron chi connectivity index (χ4n) is 5.50. The zero-order valence-corrected chi connectivity index (χ0v) is 20.1. The third-order valence-corrected chi connectivity index (χ3v) is 7.13. The first-order chi connectivity index (χ1) is 17.0. The van der Waals surface area contributed by atoms with Crippen LogP contribution in [-0.4, -0.2) is 9.78 Å².